The molecular weight excluding hydrogens is 514 g/mol. The number of carbonyl (C=O) groups is 4. The van der Waals surface area contributed by atoms with Gasteiger partial charge in [0.25, 0.3) is 5.91 Å². The van der Waals surface area contributed by atoms with Crippen LogP contribution in [0, 0.1) is 5.92 Å². The average molecular weight is 550 g/mol. The van der Waals surface area contributed by atoms with Crippen molar-refractivity contribution in [3.63, 3.8) is 0 Å². The molecule has 0 unspecified atom stereocenters. The summed E-state index contributed by atoms with van der Waals surface area (Å²) in [5, 5.41) is 5.26. The van der Waals surface area contributed by atoms with E-state index in [1.54, 1.807) is 30.3 Å². The van der Waals surface area contributed by atoms with Crippen LogP contribution in [0.15, 0.2) is 71.1 Å². The number of amides is 3. The van der Waals surface area contributed by atoms with Crippen molar-refractivity contribution >= 4 is 23.7 Å². The number of furan rings is 1. The third-order valence-corrected chi connectivity index (χ3v) is 6.17. The quantitative estimate of drug-likeness (QED) is 0.111. The monoisotopic (exact) mass is 549 g/mol. The maximum Gasteiger partial charge on any atom is 0.338 e. The minimum absolute atomic E-state index is 0.0124. The van der Waals surface area contributed by atoms with E-state index in [0.717, 1.165) is 24.8 Å². The van der Waals surface area contributed by atoms with Gasteiger partial charge in [-0.15, -0.1) is 0 Å². The van der Waals surface area contributed by atoms with E-state index in [9.17, 15) is 19.2 Å². The van der Waals surface area contributed by atoms with E-state index in [4.69, 9.17) is 14.0 Å². The normalized spacial score (nSPS) is 11.3. The lowest BCUT2D eigenvalue weighted by Crippen LogP contribution is -2.41. The summed E-state index contributed by atoms with van der Waals surface area (Å²) in [5.74, 6) is -2.05. The molecule has 0 fully saturated rings. The van der Waals surface area contributed by atoms with Crippen LogP contribution in [0.25, 0.3) is 11.3 Å². The molecule has 0 aliphatic carbocycles. The third kappa shape index (κ3) is 9.09. The fourth-order valence-electron chi connectivity index (χ4n) is 4.04. The van der Waals surface area contributed by atoms with E-state index >= 15 is 0 Å². The second-order valence-electron chi connectivity index (χ2n) is 9.12. The number of methoxy groups -OCH3 is 1. The molecule has 212 valence electrons. The van der Waals surface area contributed by atoms with Gasteiger partial charge >= 0.3 is 5.97 Å². The minimum Gasteiger partial charge on any atom is -0.465 e. The molecule has 0 aliphatic rings. The van der Waals surface area contributed by atoms with E-state index in [-0.39, 0.29) is 31.4 Å². The Kier molecular flexibility index (Phi) is 11.9. The average Bonchev–Trinajstić information content (AvgIpc) is 3.47. The summed E-state index contributed by atoms with van der Waals surface area (Å²) < 4.78 is 10.5. The van der Waals surface area contributed by atoms with Crippen LogP contribution in [0.4, 0.5) is 0 Å². The van der Waals surface area contributed by atoms with Gasteiger partial charge in [-0.3, -0.25) is 19.2 Å². The van der Waals surface area contributed by atoms with Crippen molar-refractivity contribution in [1.82, 2.24) is 16.1 Å². The van der Waals surface area contributed by atoms with Crippen LogP contribution < -0.4 is 16.1 Å². The van der Waals surface area contributed by atoms with E-state index in [1.165, 1.54) is 13.2 Å². The highest BCUT2D eigenvalue weighted by atomic mass is 16.6. The summed E-state index contributed by atoms with van der Waals surface area (Å²) >= 11 is 0. The minimum atomic E-state index is -0.575. The third-order valence-electron chi connectivity index (χ3n) is 6.17. The molecule has 0 saturated carbocycles. The van der Waals surface area contributed by atoms with Gasteiger partial charge in [0.1, 0.15) is 5.76 Å². The standard InChI is InChI=1S/C30H35N3O7/c1-3-4-6-13-22(18-27(34)33-39-19-21-11-7-5-8-12-21)28(35)31-20-32-29(36)26-17-16-25(40-26)23-14-9-10-15-24(23)30(37)38-2/h5,7-12,14-17,22H,3-4,6,13,18-20H2,1-2H3,(H,31,35)(H,32,36)(H,33,34)/t22-/m1/s1. The fourth-order valence-corrected chi connectivity index (χ4v) is 4.04. The first-order valence-corrected chi connectivity index (χ1v) is 13.2. The Bertz CT molecular complexity index is 1270. The highest BCUT2D eigenvalue weighted by Crippen LogP contribution is 2.26. The van der Waals surface area contributed by atoms with Gasteiger partial charge in [-0.1, -0.05) is 74.7 Å². The number of rotatable bonds is 15. The molecule has 10 nitrogen and oxygen atoms in total. The second-order valence-corrected chi connectivity index (χ2v) is 9.12. The number of nitrogens with one attached hydrogen (secondary N) is 3. The topological polar surface area (TPSA) is 136 Å². The van der Waals surface area contributed by atoms with E-state index in [2.05, 4.69) is 23.0 Å². The van der Waals surface area contributed by atoms with Crippen molar-refractivity contribution < 1.29 is 33.2 Å². The molecule has 2 aromatic carbocycles. The van der Waals surface area contributed by atoms with Crippen molar-refractivity contribution in [3.05, 3.63) is 83.6 Å². The molecule has 3 aromatic rings. The highest BCUT2D eigenvalue weighted by molar-refractivity contribution is 5.97. The molecule has 0 radical (unpaired) electrons. The van der Waals surface area contributed by atoms with E-state index in [1.807, 2.05) is 30.3 Å². The summed E-state index contributed by atoms with van der Waals surface area (Å²) in [4.78, 5) is 55.2. The van der Waals surface area contributed by atoms with Crippen LogP contribution in [0.2, 0.25) is 0 Å². The Labute approximate surface area is 233 Å². The SMILES string of the molecule is CCCCC[C@H](CC(=O)NOCc1ccccc1)C(=O)NCNC(=O)c1ccc(-c2ccccc2C(=O)OC)o1. The van der Waals surface area contributed by atoms with Crippen LogP contribution in [-0.4, -0.2) is 37.5 Å². The number of hydrogen-bond donors (Lipinski definition) is 3. The number of carbonyl (C=O) groups excluding carboxylic acids is 4. The van der Waals surface area contributed by atoms with Gasteiger partial charge in [-0.25, -0.2) is 10.3 Å². The zero-order chi connectivity index (χ0) is 28.7. The molecule has 1 aromatic heterocycles. The van der Waals surface area contributed by atoms with Crippen molar-refractivity contribution in [2.75, 3.05) is 13.8 Å². The summed E-state index contributed by atoms with van der Waals surface area (Å²) in [6, 6.07) is 19.2. The van der Waals surface area contributed by atoms with Crippen molar-refractivity contribution in [2.24, 2.45) is 5.92 Å². The molecule has 10 heteroatoms. The van der Waals surface area contributed by atoms with E-state index < -0.39 is 23.7 Å². The Balaban J connectivity index is 1.51. The van der Waals surface area contributed by atoms with Crippen molar-refractivity contribution in [3.8, 4) is 11.3 Å². The molecule has 0 bridgehead atoms. The number of unbranched alkanes of at least 4 members (excludes halogenated alkanes) is 2. The molecule has 0 aliphatic heterocycles. The predicted octanol–water partition coefficient (Wildman–Crippen LogP) is 4.37. The zero-order valence-electron chi connectivity index (χ0n) is 22.7. The fraction of sp³-hybridized carbons (Fsp3) is 0.333. The molecule has 3 amide bonds. The first kappa shape index (κ1) is 30.1. The van der Waals surface area contributed by atoms with Crippen LogP contribution in [-0.2, 0) is 25.8 Å². The number of hydrogen-bond acceptors (Lipinski definition) is 7. The predicted molar refractivity (Wildman–Crippen MR) is 148 cm³/mol. The zero-order valence-corrected chi connectivity index (χ0v) is 22.7. The Hall–Kier alpha value is -4.44. The molecule has 0 spiro atoms. The smallest absolute Gasteiger partial charge is 0.338 e. The van der Waals surface area contributed by atoms with Crippen LogP contribution >= 0.6 is 0 Å². The number of esters is 1. The molecular formula is C30H35N3O7. The molecule has 1 atom stereocenters. The Morgan fingerprint density at radius 1 is 0.900 bits per heavy atom. The number of hydroxylamine groups is 1. The van der Waals surface area contributed by atoms with Crippen LogP contribution in [0.5, 0.6) is 0 Å². The van der Waals surface area contributed by atoms with Gasteiger partial charge in [0.05, 0.1) is 25.9 Å². The molecule has 0 saturated heterocycles. The molecule has 3 rings (SSSR count). The summed E-state index contributed by atoms with van der Waals surface area (Å²) in [6.07, 6.45) is 3.19. The first-order chi connectivity index (χ1) is 19.4. The number of benzene rings is 2. The Morgan fingerprint density at radius 3 is 2.40 bits per heavy atom. The summed E-state index contributed by atoms with van der Waals surface area (Å²) in [5.41, 5.74) is 4.11. The van der Waals surface area contributed by atoms with Crippen LogP contribution in [0.3, 0.4) is 0 Å². The highest BCUT2D eigenvalue weighted by Gasteiger charge is 2.22. The van der Waals surface area contributed by atoms with Crippen molar-refractivity contribution in [1.29, 1.82) is 0 Å². The molecule has 1 heterocycles. The number of ether oxygens (including phenoxy) is 1. The lowest BCUT2D eigenvalue weighted by atomic mass is 9.96. The van der Waals surface area contributed by atoms with Gasteiger partial charge in [-0.05, 0) is 30.2 Å². The van der Waals surface area contributed by atoms with Crippen LogP contribution in [0.1, 0.15) is 65.5 Å². The maximum absolute atomic E-state index is 12.9. The summed E-state index contributed by atoms with van der Waals surface area (Å²) in [6.45, 7) is 2.12. The summed E-state index contributed by atoms with van der Waals surface area (Å²) in [7, 11) is 1.29. The first-order valence-electron chi connectivity index (χ1n) is 13.2. The second kappa shape index (κ2) is 15.8. The Morgan fingerprint density at radius 2 is 1.65 bits per heavy atom. The van der Waals surface area contributed by atoms with Gasteiger partial charge in [0.15, 0.2) is 5.76 Å². The van der Waals surface area contributed by atoms with E-state index in [0.29, 0.717) is 23.3 Å². The molecule has 40 heavy (non-hydrogen) atoms. The molecule has 3 N–H and O–H groups in total. The largest absolute Gasteiger partial charge is 0.465 e. The van der Waals surface area contributed by atoms with Crippen molar-refractivity contribution in [2.45, 2.75) is 45.6 Å². The lowest BCUT2D eigenvalue weighted by Gasteiger charge is -2.17. The van der Waals surface area contributed by atoms with Gasteiger partial charge in [0, 0.05) is 17.9 Å². The van der Waals surface area contributed by atoms with Gasteiger partial charge in [0.2, 0.25) is 11.8 Å². The maximum atomic E-state index is 12.9. The van der Waals surface area contributed by atoms with Gasteiger partial charge in [-0.2, -0.15) is 0 Å². The van der Waals surface area contributed by atoms with Gasteiger partial charge < -0.3 is 19.8 Å². The lowest BCUT2D eigenvalue weighted by molar-refractivity contribution is -0.139.